The summed E-state index contributed by atoms with van der Waals surface area (Å²) >= 11 is 3.44. The summed E-state index contributed by atoms with van der Waals surface area (Å²) in [7, 11) is -4.15. The van der Waals surface area contributed by atoms with E-state index in [9.17, 15) is 18.0 Å². The number of carbonyl (C=O) groups excluding carboxylic acids is 2. The van der Waals surface area contributed by atoms with E-state index in [1.807, 2.05) is 82.3 Å². The fourth-order valence-corrected chi connectivity index (χ4v) is 6.62. The van der Waals surface area contributed by atoms with Gasteiger partial charge in [0.15, 0.2) is 0 Å². The van der Waals surface area contributed by atoms with Gasteiger partial charge in [-0.15, -0.1) is 0 Å². The van der Waals surface area contributed by atoms with Crippen LogP contribution in [0.3, 0.4) is 0 Å². The van der Waals surface area contributed by atoms with E-state index in [0.717, 1.165) is 26.6 Å². The third kappa shape index (κ3) is 8.57. The number of rotatable bonds is 12. The summed E-state index contributed by atoms with van der Waals surface area (Å²) in [5, 5.41) is 2.98. The molecule has 44 heavy (non-hydrogen) atoms. The Labute approximate surface area is 269 Å². The van der Waals surface area contributed by atoms with E-state index in [1.54, 1.807) is 48.5 Å². The summed E-state index contributed by atoms with van der Waals surface area (Å²) in [4.78, 5) is 29.8. The van der Waals surface area contributed by atoms with Gasteiger partial charge in [-0.3, -0.25) is 13.9 Å². The highest BCUT2D eigenvalue weighted by Crippen LogP contribution is 2.27. The largest absolute Gasteiger partial charge is 0.352 e. The second kappa shape index (κ2) is 14.7. The molecule has 0 radical (unpaired) electrons. The van der Waals surface area contributed by atoms with Gasteiger partial charge in [-0.05, 0) is 69.2 Å². The molecule has 0 bridgehead atoms. The fourth-order valence-electron chi connectivity index (χ4n) is 4.82. The van der Waals surface area contributed by atoms with Crippen LogP contribution in [0.25, 0.3) is 0 Å². The molecule has 0 fully saturated rings. The van der Waals surface area contributed by atoms with Crippen molar-refractivity contribution in [1.82, 2.24) is 10.2 Å². The lowest BCUT2D eigenvalue weighted by Gasteiger charge is -2.34. The molecule has 0 saturated carbocycles. The van der Waals surface area contributed by atoms with Gasteiger partial charge in [-0.1, -0.05) is 99.9 Å². The first-order valence-corrected chi connectivity index (χ1v) is 16.7. The van der Waals surface area contributed by atoms with Crippen LogP contribution in [-0.2, 0) is 32.6 Å². The Kier molecular flexibility index (Phi) is 11.0. The second-order valence-electron chi connectivity index (χ2n) is 11.2. The lowest BCUT2D eigenvalue weighted by atomic mass is 10.0. The van der Waals surface area contributed by atoms with Crippen LogP contribution < -0.4 is 9.62 Å². The number of carbonyl (C=O) groups is 2. The molecule has 4 rings (SSSR count). The molecule has 4 aromatic rings. The molecule has 7 nitrogen and oxygen atoms in total. The van der Waals surface area contributed by atoms with Crippen molar-refractivity contribution in [2.45, 2.75) is 57.6 Å². The maximum absolute atomic E-state index is 14.5. The number of hydrogen-bond donors (Lipinski definition) is 1. The van der Waals surface area contributed by atoms with Crippen molar-refractivity contribution >= 4 is 43.5 Å². The quantitative estimate of drug-likeness (QED) is 0.188. The van der Waals surface area contributed by atoms with Crippen molar-refractivity contribution in [3.63, 3.8) is 0 Å². The third-order valence-electron chi connectivity index (χ3n) is 7.16. The van der Waals surface area contributed by atoms with Gasteiger partial charge in [0.25, 0.3) is 10.0 Å². The van der Waals surface area contributed by atoms with Gasteiger partial charge in [-0.2, -0.15) is 0 Å². The zero-order valence-electron chi connectivity index (χ0n) is 25.4. The van der Waals surface area contributed by atoms with Crippen molar-refractivity contribution < 1.29 is 18.0 Å². The van der Waals surface area contributed by atoms with Crippen LogP contribution in [0.4, 0.5) is 5.69 Å². The summed E-state index contributed by atoms with van der Waals surface area (Å²) in [6.07, 6.45) is 0.262. The minimum Gasteiger partial charge on any atom is -0.352 e. The molecular weight excluding hydrogens is 638 g/mol. The number of nitrogens with zero attached hydrogens (tertiary/aromatic N) is 2. The topological polar surface area (TPSA) is 86.8 Å². The van der Waals surface area contributed by atoms with E-state index in [0.29, 0.717) is 10.2 Å². The van der Waals surface area contributed by atoms with Crippen molar-refractivity contribution in [3.05, 3.63) is 130 Å². The van der Waals surface area contributed by atoms with Gasteiger partial charge in [0, 0.05) is 23.5 Å². The molecule has 0 spiro atoms. The maximum Gasteiger partial charge on any atom is 0.264 e. The van der Waals surface area contributed by atoms with Gasteiger partial charge in [0.1, 0.15) is 12.6 Å². The van der Waals surface area contributed by atoms with Crippen LogP contribution in [0.15, 0.2) is 112 Å². The molecule has 0 heterocycles. The molecule has 0 aliphatic rings. The van der Waals surface area contributed by atoms with Gasteiger partial charge in [0.05, 0.1) is 10.6 Å². The van der Waals surface area contributed by atoms with Crippen LogP contribution in [-0.4, -0.2) is 43.8 Å². The van der Waals surface area contributed by atoms with Crippen LogP contribution >= 0.6 is 15.9 Å². The molecule has 0 aromatic heterocycles. The molecule has 0 unspecified atom stereocenters. The number of aryl methyl sites for hydroxylation is 2. The van der Waals surface area contributed by atoms with E-state index in [2.05, 4.69) is 21.2 Å². The van der Waals surface area contributed by atoms with Gasteiger partial charge in [-0.25, -0.2) is 8.42 Å². The number of halogens is 1. The summed E-state index contributed by atoms with van der Waals surface area (Å²) in [6, 6.07) is 29.6. The first kappa shape index (κ1) is 33.0. The lowest BCUT2D eigenvalue weighted by molar-refractivity contribution is -0.140. The molecule has 1 atom stereocenters. The molecule has 0 aliphatic heterocycles. The Morgan fingerprint density at radius 1 is 0.795 bits per heavy atom. The first-order chi connectivity index (χ1) is 20.9. The number of sulfonamides is 1. The van der Waals surface area contributed by atoms with E-state index >= 15 is 0 Å². The van der Waals surface area contributed by atoms with Gasteiger partial charge in [0.2, 0.25) is 11.8 Å². The third-order valence-corrected chi connectivity index (χ3v) is 9.44. The average Bonchev–Trinajstić information content (AvgIpc) is 2.98. The van der Waals surface area contributed by atoms with Gasteiger partial charge >= 0.3 is 0 Å². The standard InChI is InChI=1S/C35H38BrN3O4S/c1-25(2)37-35(41)33(21-28-9-6-5-7-10-28)38(23-29-17-13-26(3)14-18-29)34(40)24-39(31-12-8-11-30(36)22-31)44(42,43)32-19-15-27(4)16-20-32/h5-20,22,25,33H,21,23-24H2,1-4H3,(H,37,41)/t33-/m0/s1. The van der Waals surface area contributed by atoms with Crippen LogP contribution in [0.1, 0.15) is 36.1 Å². The maximum atomic E-state index is 14.5. The molecule has 4 aromatic carbocycles. The van der Waals surface area contributed by atoms with Crippen LogP contribution in [0.5, 0.6) is 0 Å². The monoisotopic (exact) mass is 675 g/mol. The normalized spacial score (nSPS) is 12.0. The molecule has 9 heteroatoms. The fraction of sp³-hybridized carbons (Fsp3) is 0.257. The minimum atomic E-state index is -4.15. The number of anilines is 1. The highest BCUT2D eigenvalue weighted by Gasteiger charge is 2.34. The second-order valence-corrected chi connectivity index (χ2v) is 14.0. The average molecular weight is 677 g/mol. The van der Waals surface area contributed by atoms with Gasteiger partial charge < -0.3 is 10.2 Å². The Morgan fingerprint density at radius 2 is 1.41 bits per heavy atom. The predicted octanol–water partition coefficient (Wildman–Crippen LogP) is 6.43. The lowest BCUT2D eigenvalue weighted by Crippen LogP contribution is -2.54. The highest BCUT2D eigenvalue weighted by atomic mass is 79.9. The van der Waals surface area contributed by atoms with E-state index in [1.165, 1.54) is 4.90 Å². The zero-order chi connectivity index (χ0) is 31.9. The van der Waals surface area contributed by atoms with Crippen molar-refractivity contribution in [2.75, 3.05) is 10.8 Å². The summed E-state index contributed by atoms with van der Waals surface area (Å²) < 4.78 is 30.0. The predicted molar refractivity (Wildman–Crippen MR) is 179 cm³/mol. The number of amides is 2. The molecular formula is C35H38BrN3O4S. The Morgan fingerprint density at radius 3 is 2.00 bits per heavy atom. The molecule has 1 N–H and O–H groups in total. The van der Waals surface area contributed by atoms with Crippen LogP contribution in [0.2, 0.25) is 0 Å². The van der Waals surface area contributed by atoms with E-state index < -0.39 is 28.5 Å². The van der Waals surface area contributed by atoms with Crippen molar-refractivity contribution in [2.24, 2.45) is 0 Å². The van der Waals surface area contributed by atoms with E-state index in [-0.39, 0.29) is 29.8 Å². The summed E-state index contributed by atoms with van der Waals surface area (Å²) in [5.41, 5.74) is 4.02. The highest BCUT2D eigenvalue weighted by molar-refractivity contribution is 9.10. The molecule has 0 aliphatic carbocycles. The van der Waals surface area contributed by atoms with Crippen LogP contribution in [0, 0.1) is 13.8 Å². The Hall–Kier alpha value is -3.95. The molecule has 230 valence electrons. The Balaban J connectivity index is 1.80. The minimum absolute atomic E-state index is 0.0688. The van der Waals surface area contributed by atoms with Crippen molar-refractivity contribution in [1.29, 1.82) is 0 Å². The zero-order valence-corrected chi connectivity index (χ0v) is 27.8. The number of benzene rings is 4. The smallest absolute Gasteiger partial charge is 0.264 e. The summed E-state index contributed by atoms with van der Waals surface area (Å²) in [6.45, 7) is 7.22. The SMILES string of the molecule is Cc1ccc(CN(C(=O)CN(c2cccc(Br)c2)S(=O)(=O)c2ccc(C)cc2)[C@@H](Cc2ccccc2)C(=O)NC(C)C)cc1. The van der Waals surface area contributed by atoms with E-state index in [4.69, 9.17) is 0 Å². The molecule has 0 saturated heterocycles. The van der Waals surface area contributed by atoms with Crippen molar-refractivity contribution in [3.8, 4) is 0 Å². The molecule has 2 amide bonds. The Bertz CT molecular complexity index is 1680. The number of nitrogens with one attached hydrogen (secondary N) is 1. The first-order valence-electron chi connectivity index (χ1n) is 14.5. The number of hydrogen-bond acceptors (Lipinski definition) is 4. The summed E-state index contributed by atoms with van der Waals surface area (Å²) in [5.74, 6) is -0.805.